The van der Waals surface area contributed by atoms with Crippen LogP contribution in [0.15, 0.2) is 29.0 Å². The Kier molecular flexibility index (Phi) is 7.94. The van der Waals surface area contributed by atoms with Crippen LogP contribution in [0.4, 0.5) is 15.0 Å². The van der Waals surface area contributed by atoms with Gasteiger partial charge in [0.25, 0.3) is 5.91 Å². The van der Waals surface area contributed by atoms with Crippen molar-refractivity contribution in [2.45, 2.75) is 58.3 Å². The SMILES string of the molecule is CC(Oc1c(N)ncc2c(C(=O)NC3CCN(C(=O)OC(C)(C)C)CC3)coc12)c1c(Cl)ccc(F)c1Cl. The number of nitrogens with one attached hydrogen (secondary N) is 1. The number of pyridine rings is 1. The van der Waals surface area contributed by atoms with Crippen LogP contribution in [0.25, 0.3) is 11.0 Å². The first-order valence-electron chi connectivity index (χ1n) is 12.1. The molecule has 2 amide bonds. The molecule has 1 unspecified atom stereocenters. The average Bonchev–Trinajstić information content (AvgIpc) is 3.27. The average molecular weight is 567 g/mol. The predicted molar refractivity (Wildman–Crippen MR) is 142 cm³/mol. The van der Waals surface area contributed by atoms with Crippen molar-refractivity contribution >= 4 is 52.0 Å². The largest absolute Gasteiger partial charge is 0.478 e. The van der Waals surface area contributed by atoms with Crippen LogP contribution in [0.1, 0.15) is 62.6 Å². The van der Waals surface area contributed by atoms with Crippen molar-refractivity contribution in [3.05, 3.63) is 51.6 Å². The highest BCUT2D eigenvalue weighted by Gasteiger charge is 2.29. The Labute approximate surface area is 229 Å². The molecule has 0 spiro atoms. The van der Waals surface area contributed by atoms with Gasteiger partial charge in [0.05, 0.1) is 16.0 Å². The highest BCUT2D eigenvalue weighted by atomic mass is 35.5. The Balaban J connectivity index is 1.48. The molecule has 204 valence electrons. The number of likely N-dealkylation sites (tertiary alicyclic amines) is 1. The van der Waals surface area contributed by atoms with E-state index < -0.39 is 17.5 Å². The lowest BCUT2D eigenvalue weighted by molar-refractivity contribution is 0.0199. The number of rotatable bonds is 5. The second-order valence-electron chi connectivity index (χ2n) is 10.1. The van der Waals surface area contributed by atoms with Crippen LogP contribution in [-0.2, 0) is 4.74 Å². The first-order valence-corrected chi connectivity index (χ1v) is 12.9. The summed E-state index contributed by atoms with van der Waals surface area (Å²) >= 11 is 12.3. The van der Waals surface area contributed by atoms with Crippen molar-refractivity contribution in [2.75, 3.05) is 18.8 Å². The predicted octanol–water partition coefficient (Wildman–Crippen LogP) is 6.13. The fourth-order valence-electron chi connectivity index (χ4n) is 4.22. The van der Waals surface area contributed by atoms with E-state index in [2.05, 4.69) is 10.3 Å². The second kappa shape index (κ2) is 10.9. The molecule has 0 radical (unpaired) electrons. The number of nitrogens with two attached hydrogens (primary N) is 1. The molecule has 1 aliphatic heterocycles. The molecule has 1 aliphatic rings. The number of piperidine rings is 1. The number of benzene rings is 1. The highest BCUT2D eigenvalue weighted by molar-refractivity contribution is 6.36. The molecule has 3 N–H and O–H groups in total. The van der Waals surface area contributed by atoms with E-state index in [9.17, 15) is 14.0 Å². The minimum absolute atomic E-state index is 0.0174. The van der Waals surface area contributed by atoms with Crippen molar-refractivity contribution in [3.8, 4) is 5.75 Å². The molecule has 3 aromatic rings. The number of furan rings is 1. The molecule has 0 bridgehead atoms. The van der Waals surface area contributed by atoms with Gasteiger partial charge < -0.3 is 29.8 Å². The van der Waals surface area contributed by atoms with Gasteiger partial charge in [0, 0.05) is 35.9 Å². The fourth-order valence-corrected chi connectivity index (χ4v) is 4.89. The van der Waals surface area contributed by atoms with Gasteiger partial charge in [-0.25, -0.2) is 14.2 Å². The Morgan fingerprint density at radius 2 is 1.95 bits per heavy atom. The summed E-state index contributed by atoms with van der Waals surface area (Å²) < 4.78 is 31.1. The molecular weight excluding hydrogens is 538 g/mol. The Morgan fingerprint density at radius 3 is 2.61 bits per heavy atom. The number of amides is 2. The molecule has 2 aromatic heterocycles. The Bertz CT molecular complexity index is 1370. The molecule has 9 nitrogen and oxygen atoms in total. The van der Waals surface area contributed by atoms with Crippen molar-refractivity contribution in [2.24, 2.45) is 0 Å². The van der Waals surface area contributed by atoms with Crippen molar-refractivity contribution < 1.29 is 27.9 Å². The van der Waals surface area contributed by atoms with Gasteiger partial charge in [0.15, 0.2) is 11.4 Å². The minimum Gasteiger partial charge on any atom is -0.478 e. The van der Waals surface area contributed by atoms with Crippen LogP contribution in [0.5, 0.6) is 5.75 Å². The van der Waals surface area contributed by atoms with Crippen molar-refractivity contribution in [1.29, 1.82) is 0 Å². The normalized spacial score (nSPS) is 15.4. The number of ether oxygens (including phenoxy) is 2. The maximum Gasteiger partial charge on any atom is 0.410 e. The van der Waals surface area contributed by atoms with E-state index in [-0.39, 0.29) is 56.4 Å². The topological polar surface area (TPSA) is 120 Å². The molecule has 3 heterocycles. The Morgan fingerprint density at radius 1 is 1.26 bits per heavy atom. The molecule has 12 heteroatoms. The highest BCUT2D eigenvalue weighted by Crippen LogP contribution is 2.39. The zero-order chi connectivity index (χ0) is 27.8. The van der Waals surface area contributed by atoms with Gasteiger partial charge in [-0.15, -0.1) is 0 Å². The molecule has 1 saturated heterocycles. The third kappa shape index (κ3) is 5.91. The van der Waals surface area contributed by atoms with Crippen LogP contribution in [-0.4, -0.2) is 46.6 Å². The molecule has 38 heavy (non-hydrogen) atoms. The van der Waals surface area contributed by atoms with E-state index in [1.807, 2.05) is 20.8 Å². The summed E-state index contributed by atoms with van der Waals surface area (Å²) in [5.41, 5.74) is 6.18. The van der Waals surface area contributed by atoms with Crippen molar-refractivity contribution in [3.63, 3.8) is 0 Å². The summed E-state index contributed by atoms with van der Waals surface area (Å²) in [6.07, 6.45) is 2.71. The summed E-state index contributed by atoms with van der Waals surface area (Å²) in [6.45, 7) is 8.01. The molecule has 0 saturated carbocycles. The van der Waals surface area contributed by atoms with E-state index in [1.54, 1.807) is 11.8 Å². The molecule has 0 aliphatic carbocycles. The monoisotopic (exact) mass is 566 g/mol. The van der Waals surface area contributed by atoms with Gasteiger partial charge in [0.1, 0.15) is 23.8 Å². The second-order valence-corrected chi connectivity index (χ2v) is 10.9. The van der Waals surface area contributed by atoms with E-state index in [4.69, 9.17) is 42.8 Å². The number of carbonyl (C=O) groups is 2. The van der Waals surface area contributed by atoms with Crippen LogP contribution >= 0.6 is 23.2 Å². The third-order valence-electron chi connectivity index (χ3n) is 6.11. The van der Waals surface area contributed by atoms with Gasteiger partial charge >= 0.3 is 6.09 Å². The maximum absolute atomic E-state index is 14.0. The number of carbonyl (C=O) groups excluding carboxylic acids is 2. The van der Waals surface area contributed by atoms with E-state index in [0.717, 1.165) is 6.07 Å². The van der Waals surface area contributed by atoms with Gasteiger partial charge in [-0.3, -0.25) is 4.79 Å². The van der Waals surface area contributed by atoms with Crippen LogP contribution < -0.4 is 15.8 Å². The van der Waals surface area contributed by atoms with Gasteiger partial charge in [0.2, 0.25) is 5.75 Å². The lowest BCUT2D eigenvalue weighted by atomic mass is 10.0. The van der Waals surface area contributed by atoms with E-state index in [0.29, 0.717) is 31.3 Å². The number of hydrogen-bond donors (Lipinski definition) is 2. The summed E-state index contributed by atoms with van der Waals surface area (Å²) in [7, 11) is 0. The van der Waals surface area contributed by atoms with E-state index >= 15 is 0 Å². The third-order valence-corrected chi connectivity index (χ3v) is 6.82. The summed E-state index contributed by atoms with van der Waals surface area (Å²) in [6, 6.07) is 2.41. The van der Waals surface area contributed by atoms with Crippen LogP contribution in [0, 0.1) is 5.82 Å². The Hall–Kier alpha value is -3.24. The molecular formula is C26H29Cl2FN4O5. The fraction of sp³-hybridized carbons (Fsp3) is 0.423. The molecule has 1 fully saturated rings. The number of nitrogens with zero attached hydrogens (tertiary/aromatic N) is 2. The standard InChI is InChI=1S/C26H29Cl2FN4O5/c1-13(19-17(27)5-6-18(29)20(19)28)37-22-21-15(11-31-23(22)30)16(12-36-21)24(34)32-14-7-9-33(10-8-14)25(35)38-26(2,3)4/h5-6,11-14H,7-10H2,1-4H3,(H2,30,31)(H,32,34). The van der Waals surface area contributed by atoms with E-state index in [1.165, 1.54) is 18.5 Å². The van der Waals surface area contributed by atoms with Gasteiger partial charge in [-0.1, -0.05) is 23.2 Å². The number of aromatic nitrogens is 1. The van der Waals surface area contributed by atoms with Crippen molar-refractivity contribution in [1.82, 2.24) is 15.2 Å². The summed E-state index contributed by atoms with van der Waals surface area (Å²) in [5.74, 6) is -0.902. The van der Waals surface area contributed by atoms with Gasteiger partial charge in [-0.05, 0) is 52.7 Å². The molecule has 4 rings (SSSR count). The van der Waals surface area contributed by atoms with Crippen LogP contribution in [0.2, 0.25) is 10.0 Å². The smallest absolute Gasteiger partial charge is 0.410 e. The number of nitrogen functional groups attached to an aromatic ring is 1. The lowest BCUT2D eigenvalue weighted by Crippen LogP contribution is -2.47. The number of anilines is 1. The lowest BCUT2D eigenvalue weighted by Gasteiger charge is -2.33. The quantitative estimate of drug-likeness (QED) is 0.356. The first-order chi connectivity index (χ1) is 17.9. The number of hydrogen-bond acceptors (Lipinski definition) is 7. The molecule has 1 atom stereocenters. The number of fused-ring (bicyclic) bond motifs is 1. The maximum atomic E-state index is 14.0. The van der Waals surface area contributed by atoms with Gasteiger partial charge in [-0.2, -0.15) is 0 Å². The number of halogens is 3. The minimum atomic E-state index is -0.807. The zero-order valence-electron chi connectivity index (χ0n) is 21.4. The molecule has 1 aromatic carbocycles. The summed E-state index contributed by atoms with van der Waals surface area (Å²) in [4.78, 5) is 31.2. The first kappa shape index (κ1) is 27.8. The zero-order valence-corrected chi connectivity index (χ0v) is 23.0. The van der Waals surface area contributed by atoms with Crippen LogP contribution in [0.3, 0.4) is 0 Å². The summed E-state index contributed by atoms with van der Waals surface area (Å²) in [5, 5.41) is 3.44.